The van der Waals surface area contributed by atoms with Gasteiger partial charge >= 0.3 is 0 Å². The van der Waals surface area contributed by atoms with Gasteiger partial charge in [-0.2, -0.15) is 0 Å². The lowest BCUT2D eigenvalue weighted by Gasteiger charge is -2.34. The highest BCUT2D eigenvalue weighted by Gasteiger charge is 2.16. The van der Waals surface area contributed by atoms with Gasteiger partial charge in [-0.25, -0.2) is 0 Å². The molecule has 0 aromatic rings. The van der Waals surface area contributed by atoms with Crippen LogP contribution in [-0.4, -0.2) is 73.3 Å². The first-order chi connectivity index (χ1) is 12.6. The molecule has 0 fully saturated rings. The lowest BCUT2D eigenvalue weighted by atomic mass is 10.1. The number of hydrogen-bond donors (Lipinski definition) is 0. The summed E-state index contributed by atoms with van der Waals surface area (Å²) < 4.78 is 2.56. The first-order valence-electron chi connectivity index (χ1n) is 10.7. The number of carbonyl (C=O) groups is 2. The molecule has 0 saturated carbocycles. The molecule has 27 heavy (non-hydrogen) atoms. The molecule has 0 atom stereocenters. The normalized spacial score (nSPS) is 11.2. The maximum Gasteiger partial charge on any atom is 0.0757 e. The van der Waals surface area contributed by atoms with Crippen molar-refractivity contribution in [3.8, 4) is 0 Å². The second-order valence-corrected chi connectivity index (χ2v) is 6.81. The van der Waals surface area contributed by atoms with Crippen LogP contribution in [-0.2, 0) is 9.59 Å². The molecule has 0 rings (SSSR count). The van der Waals surface area contributed by atoms with E-state index in [1.165, 1.54) is 68.2 Å². The van der Waals surface area contributed by atoms with E-state index < -0.39 is 17.9 Å². The molecule has 0 aromatic carbocycles. The zero-order valence-electron chi connectivity index (χ0n) is 19.5. The molecule has 0 aliphatic heterocycles. The van der Waals surface area contributed by atoms with Crippen molar-refractivity contribution in [2.75, 3.05) is 52.4 Å². The van der Waals surface area contributed by atoms with Gasteiger partial charge in [0.05, 0.1) is 64.3 Å². The Kier molecular flexibility index (Phi) is 19.2. The van der Waals surface area contributed by atoms with Crippen molar-refractivity contribution in [2.24, 2.45) is 5.92 Å². The van der Waals surface area contributed by atoms with Crippen molar-refractivity contribution in [1.82, 2.24) is 0 Å². The van der Waals surface area contributed by atoms with Gasteiger partial charge in [-0.3, -0.25) is 0 Å². The molecule has 6 nitrogen and oxygen atoms in total. The summed E-state index contributed by atoms with van der Waals surface area (Å²) in [5.74, 6) is -4.64. The average Bonchev–Trinajstić information content (AvgIpc) is 2.67. The summed E-state index contributed by atoms with van der Waals surface area (Å²) in [5, 5.41) is 19.7. The summed E-state index contributed by atoms with van der Waals surface area (Å²) in [6.45, 7) is 29.9. The molecule has 0 radical (unpaired) electrons. The number of carboxylic acid groups (broad SMARTS) is 2. The Bertz CT molecular complexity index is 309. The standard InChI is InChI=1S/2C8H20N.C5H8O4/c2*1-5-9(6-2,7-3)8-4;1-2-3(4(6)7)5(8)9/h2*5-8H2,1-4H3;3H,2H2,1H3,(H,6,7)(H,8,9)/q2*+1;/p-2. The Balaban J connectivity index is -0.000000320. The Labute approximate surface area is 168 Å². The minimum Gasteiger partial charge on any atom is -0.549 e. The highest BCUT2D eigenvalue weighted by molar-refractivity contribution is 5.90. The van der Waals surface area contributed by atoms with Crippen molar-refractivity contribution in [3.05, 3.63) is 0 Å². The predicted molar refractivity (Wildman–Crippen MR) is 109 cm³/mol. The smallest absolute Gasteiger partial charge is 0.0757 e. The van der Waals surface area contributed by atoms with Gasteiger partial charge < -0.3 is 28.8 Å². The van der Waals surface area contributed by atoms with Crippen LogP contribution in [0.3, 0.4) is 0 Å². The van der Waals surface area contributed by atoms with E-state index in [0.717, 1.165) is 0 Å². The second kappa shape index (κ2) is 17.0. The molecule has 0 saturated heterocycles. The number of hydrogen-bond acceptors (Lipinski definition) is 4. The van der Waals surface area contributed by atoms with E-state index in [1.807, 2.05) is 0 Å². The van der Waals surface area contributed by atoms with Crippen LogP contribution in [0.1, 0.15) is 68.7 Å². The van der Waals surface area contributed by atoms with Gasteiger partial charge in [0, 0.05) is 5.92 Å². The van der Waals surface area contributed by atoms with E-state index in [2.05, 4.69) is 55.4 Å². The maximum atomic E-state index is 9.84. The minimum atomic E-state index is -1.59. The fourth-order valence-corrected chi connectivity index (χ4v) is 3.11. The molecule has 0 heterocycles. The highest BCUT2D eigenvalue weighted by Crippen LogP contribution is 2.04. The number of nitrogens with zero attached hydrogens (tertiary/aromatic N) is 2. The molecule has 0 unspecified atom stereocenters. The second-order valence-electron chi connectivity index (χ2n) is 6.81. The molecule has 164 valence electrons. The topological polar surface area (TPSA) is 80.3 Å². The fraction of sp³-hybridized carbons (Fsp3) is 0.905. The number of aliphatic carboxylic acids is 2. The minimum absolute atomic E-state index is 0.00463. The Morgan fingerprint density at radius 3 is 0.741 bits per heavy atom. The quantitative estimate of drug-likeness (QED) is 0.393. The van der Waals surface area contributed by atoms with Crippen molar-refractivity contribution < 1.29 is 28.8 Å². The van der Waals surface area contributed by atoms with Crippen LogP contribution < -0.4 is 10.2 Å². The van der Waals surface area contributed by atoms with Crippen LogP contribution >= 0.6 is 0 Å². The number of rotatable bonds is 11. The Morgan fingerprint density at radius 2 is 0.741 bits per heavy atom. The van der Waals surface area contributed by atoms with Crippen molar-refractivity contribution in [1.29, 1.82) is 0 Å². The lowest BCUT2D eigenvalue weighted by molar-refractivity contribution is -0.921. The monoisotopic (exact) mass is 390 g/mol. The first kappa shape index (κ1) is 30.6. The van der Waals surface area contributed by atoms with Crippen molar-refractivity contribution in [2.45, 2.75) is 68.7 Å². The number of carboxylic acids is 2. The summed E-state index contributed by atoms with van der Waals surface area (Å²) in [6.07, 6.45) is 0.00463. The molecule has 0 aromatic heterocycles. The van der Waals surface area contributed by atoms with E-state index in [9.17, 15) is 19.8 Å². The number of carbonyl (C=O) groups excluding carboxylic acids is 2. The molecular weight excluding hydrogens is 344 g/mol. The molecule has 0 aliphatic rings. The fourth-order valence-electron chi connectivity index (χ4n) is 3.11. The van der Waals surface area contributed by atoms with Gasteiger partial charge in [0.25, 0.3) is 0 Å². The van der Waals surface area contributed by atoms with Crippen LogP contribution in [0.2, 0.25) is 0 Å². The van der Waals surface area contributed by atoms with Crippen LogP contribution in [0.4, 0.5) is 0 Å². The molecule has 0 bridgehead atoms. The van der Waals surface area contributed by atoms with Crippen LogP contribution in [0, 0.1) is 5.92 Å². The maximum absolute atomic E-state index is 9.84. The zero-order chi connectivity index (χ0) is 22.1. The average molecular weight is 391 g/mol. The summed E-state index contributed by atoms with van der Waals surface area (Å²) in [7, 11) is 0. The number of quaternary nitrogens is 2. The molecular formula is C21H46N2O4. The van der Waals surface area contributed by atoms with Crippen molar-refractivity contribution in [3.63, 3.8) is 0 Å². The van der Waals surface area contributed by atoms with E-state index >= 15 is 0 Å². The third-order valence-corrected chi connectivity index (χ3v) is 6.34. The molecule has 0 N–H and O–H groups in total. The Hall–Kier alpha value is -1.14. The largest absolute Gasteiger partial charge is 0.549 e. The van der Waals surface area contributed by atoms with Gasteiger partial charge in [-0.1, -0.05) is 6.92 Å². The van der Waals surface area contributed by atoms with Gasteiger partial charge in [-0.05, 0) is 61.8 Å². The van der Waals surface area contributed by atoms with Crippen LogP contribution in [0.15, 0.2) is 0 Å². The van der Waals surface area contributed by atoms with Crippen LogP contribution in [0.25, 0.3) is 0 Å². The summed E-state index contributed by atoms with van der Waals surface area (Å²) in [6, 6.07) is 0. The highest BCUT2D eigenvalue weighted by atomic mass is 16.4. The van der Waals surface area contributed by atoms with Gasteiger partial charge in [0.2, 0.25) is 0 Å². The third kappa shape index (κ3) is 12.0. The lowest BCUT2D eigenvalue weighted by Crippen LogP contribution is -2.47. The molecule has 6 heteroatoms. The van der Waals surface area contributed by atoms with E-state index in [4.69, 9.17) is 0 Å². The summed E-state index contributed by atoms with van der Waals surface area (Å²) in [5.41, 5.74) is 0. The molecule has 0 aliphatic carbocycles. The van der Waals surface area contributed by atoms with E-state index in [0.29, 0.717) is 0 Å². The summed E-state index contributed by atoms with van der Waals surface area (Å²) >= 11 is 0. The molecule has 0 amide bonds. The van der Waals surface area contributed by atoms with Gasteiger partial charge in [0.1, 0.15) is 0 Å². The predicted octanol–water partition coefficient (Wildman–Crippen LogP) is 1.28. The SMILES string of the molecule is CCC(C(=O)[O-])C(=O)[O-].CC[N+](CC)(CC)CC.CC[N+](CC)(CC)CC. The molecule has 0 spiro atoms. The first-order valence-corrected chi connectivity index (χ1v) is 10.7. The van der Waals surface area contributed by atoms with E-state index in [1.54, 1.807) is 0 Å². The Morgan fingerprint density at radius 1 is 0.556 bits per heavy atom. The zero-order valence-corrected chi connectivity index (χ0v) is 19.5. The van der Waals surface area contributed by atoms with Crippen LogP contribution in [0.5, 0.6) is 0 Å². The van der Waals surface area contributed by atoms with E-state index in [-0.39, 0.29) is 6.42 Å². The van der Waals surface area contributed by atoms with Gasteiger partial charge in [-0.15, -0.1) is 0 Å². The van der Waals surface area contributed by atoms with Crippen molar-refractivity contribution >= 4 is 11.9 Å². The summed E-state index contributed by atoms with van der Waals surface area (Å²) in [4.78, 5) is 19.7. The van der Waals surface area contributed by atoms with Gasteiger partial charge in [0.15, 0.2) is 0 Å². The third-order valence-electron chi connectivity index (χ3n) is 6.34.